The molecule has 0 aliphatic carbocycles. The lowest BCUT2D eigenvalue weighted by molar-refractivity contribution is 0.0996. The zero-order valence-corrected chi connectivity index (χ0v) is 14.1. The number of primary amides is 1. The lowest BCUT2D eigenvalue weighted by Gasteiger charge is -2.09. The quantitative estimate of drug-likeness (QED) is 0.652. The van der Waals surface area contributed by atoms with Gasteiger partial charge in [0, 0.05) is 18.1 Å². The summed E-state index contributed by atoms with van der Waals surface area (Å²) in [5.41, 5.74) is 7.04. The number of nitrogens with two attached hydrogens (primary N) is 1. The minimum atomic E-state index is -0.652. The van der Waals surface area contributed by atoms with Gasteiger partial charge in [-0.15, -0.1) is 0 Å². The van der Waals surface area contributed by atoms with Crippen LogP contribution in [-0.2, 0) is 6.61 Å². The molecule has 0 saturated heterocycles. The molecule has 2 heterocycles. The summed E-state index contributed by atoms with van der Waals surface area (Å²) in [6.07, 6.45) is 3.99. The van der Waals surface area contributed by atoms with Crippen molar-refractivity contribution in [1.82, 2.24) is 9.97 Å². The van der Waals surface area contributed by atoms with Crippen LogP contribution in [0.2, 0.25) is 0 Å². The zero-order chi connectivity index (χ0) is 19.2. The van der Waals surface area contributed by atoms with Gasteiger partial charge in [-0.05, 0) is 35.9 Å². The van der Waals surface area contributed by atoms with E-state index in [-0.39, 0.29) is 17.7 Å². The van der Waals surface area contributed by atoms with Crippen molar-refractivity contribution in [2.24, 2.45) is 5.73 Å². The number of anilines is 1. The third kappa shape index (κ3) is 4.85. The van der Waals surface area contributed by atoms with E-state index in [1.807, 2.05) is 6.07 Å². The summed E-state index contributed by atoms with van der Waals surface area (Å²) in [6, 6.07) is 11.0. The number of amides is 2. The molecule has 27 heavy (non-hydrogen) atoms. The largest absolute Gasteiger partial charge is 0.487 e. The molecule has 1 aromatic carbocycles. The van der Waals surface area contributed by atoms with Gasteiger partial charge in [0.15, 0.2) is 0 Å². The molecule has 0 atom stereocenters. The van der Waals surface area contributed by atoms with Crippen LogP contribution in [0.3, 0.4) is 0 Å². The Balaban J connectivity index is 1.65. The van der Waals surface area contributed by atoms with Crippen LogP contribution in [0, 0.1) is 5.95 Å². The lowest BCUT2D eigenvalue weighted by Crippen LogP contribution is -2.12. The summed E-state index contributed by atoms with van der Waals surface area (Å²) < 4.78 is 18.4. The average Bonchev–Trinajstić information content (AvgIpc) is 2.67. The number of carbonyl (C=O) groups excluding carboxylic acids is 2. The Bertz CT molecular complexity index is 977. The monoisotopic (exact) mass is 366 g/mol. The van der Waals surface area contributed by atoms with Gasteiger partial charge in [0.2, 0.25) is 11.9 Å². The Morgan fingerprint density at radius 3 is 2.67 bits per heavy atom. The SMILES string of the molecule is NC(=O)c1cncc(OCc2cccc(NC(=O)c3ccc(F)nc3)c2)c1. The molecule has 0 saturated carbocycles. The van der Waals surface area contributed by atoms with E-state index in [9.17, 15) is 14.0 Å². The number of aromatic nitrogens is 2. The molecule has 2 amide bonds. The van der Waals surface area contributed by atoms with E-state index in [2.05, 4.69) is 15.3 Å². The number of rotatable bonds is 6. The van der Waals surface area contributed by atoms with E-state index in [1.54, 1.807) is 18.2 Å². The van der Waals surface area contributed by atoms with Gasteiger partial charge in [0.05, 0.1) is 17.3 Å². The van der Waals surface area contributed by atoms with Gasteiger partial charge in [-0.25, -0.2) is 4.98 Å². The maximum absolute atomic E-state index is 12.8. The summed E-state index contributed by atoms with van der Waals surface area (Å²) in [5, 5.41) is 2.71. The standard InChI is InChI=1S/C19H15FN4O3/c20-17-5-4-13(9-23-17)19(26)24-15-3-1-2-12(6-15)11-27-16-7-14(18(21)25)8-22-10-16/h1-10H,11H2,(H2,21,25)(H,24,26). The highest BCUT2D eigenvalue weighted by Crippen LogP contribution is 2.16. The third-order valence-electron chi connectivity index (χ3n) is 3.58. The highest BCUT2D eigenvalue weighted by molar-refractivity contribution is 6.04. The van der Waals surface area contributed by atoms with Gasteiger partial charge in [-0.3, -0.25) is 14.6 Å². The van der Waals surface area contributed by atoms with Crippen molar-refractivity contribution in [3.8, 4) is 5.75 Å². The Kier molecular flexibility index (Phi) is 5.36. The summed E-state index contributed by atoms with van der Waals surface area (Å²) in [4.78, 5) is 30.7. The maximum atomic E-state index is 12.8. The van der Waals surface area contributed by atoms with Crippen molar-refractivity contribution in [1.29, 1.82) is 0 Å². The minimum absolute atomic E-state index is 0.200. The van der Waals surface area contributed by atoms with Crippen LogP contribution >= 0.6 is 0 Å². The number of halogens is 1. The van der Waals surface area contributed by atoms with Crippen LogP contribution in [0.15, 0.2) is 61.1 Å². The Labute approximate surface area is 154 Å². The van der Waals surface area contributed by atoms with Crippen molar-refractivity contribution in [3.63, 3.8) is 0 Å². The molecule has 7 nitrogen and oxygen atoms in total. The fraction of sp³-hybridized carbons (Fsp3) is 0.0526. The van der Waals surface area contributed by atoms with E-state index in [0.29, 0.717) is 11.4 Å². The molecule has 0 aliphatic heterocycles. The molecule has 3 aromatic rings. The number of nitrogens with zero attached hydrogens (tertiary/aromatic N) is 2. The van der Waals surface area contributed by atoms with Crippen molar-refractivity contribution >= 4 is 17.5 Å². The van der Waals surface area contributed by atoms with Crippen LogP contribution in [0.4, 0.5) is 10.1 Å². The number of nitrogens with one attached hydrogen (secondary N) is 1. The number of carbonyl (C=O) groups is 2. The summed E-state index contributed by atoms with van der Waals surface area (Å²) >= 11 is 0. The highest BCUT2D eigenvalue weighted by atomic mass is 19.1. The van der Waals surface area contributed by atoms with Gasteiger partial charge in [0.25, 0.3) is 5.91 Å². The van der Waals surface area contributed by atoms with Crippen LogP contribution in [0.25, 0.3) is 0 Å². The Hall–Kier alpha value is -3.81. The molecule has 2 aromatic heterocycles. The number of benzene rings is 1. The molecule has 3 rings (SSSR count). The third-order valence-corrected chi connectivity index (χ3v) is 3.58. The number of hydrogen-bond acceptors (Lipinski definition) is 5. The van der Waals surface area contributed by atoms with E-state index < -0.39 is 17.8 Å². The highest BCUT2D eigenvalue weighted by Gasteiger charge is 2.08. The normalized spacial score (nSPS) is 10.3. The van der Waals surface area contributed by atoms with Crippen molar-refractivity contribution < 1.29 is 18.7 Å². The zero-order valence-electron chi connectivity index (χ0n) is 14.1. The molecule has 3 N–H and O–H groups in total. The molecular formula is C19H15FN4O3. The van der Waals surface area contributed by atoms with Crippen molar-refractivity contribution in [2.45, 2.75) is 6.61 Å². The molecule has 8 heteroatoms. The van der Waals surface area contributed by atoms with Crippen LogP contribution in [0.1, 0.15) is 26.3 Å². The summed E-state index contributed by atoms with van der Waals surface area (Å²) in [6.45, 7) is 0.200. The van der Waals surface area contributed by atoms with Gasteiger partial charge in [-0.2, -0.15) is 4.39 Å². The first-order chi connectivity index (χ1) is 13.0. The second-order valence-electron chi connectivity index (χ2n) is 5.59. The van der Waals surface area contributed by atoms with Gasteiger partial charge < -0.3 is 15.8 Å². The Morgan fingerprint density at radius 1 is 1.07 bits per heavy atom. The first-order valence-corrected chi connectivity index (χ1v) is 7.91. The fourth-order valence-electron chi connectivity index (χ4n) is 2.25. The molecule has 136 valence electrons. The van der Waals surface area contributed by atoms with Crippen LogP contribution in [0.5, 0.6) is 5.75 Å². The predicted octanol–water partition coefficient (Wildman–Crippen LogP) is 2.55. The molecule has 0 aliphatic rings. The lowest BCUT2D eigenvalue weighted by atomic mass is 10.2. The molecule has 0 fully saturated rings. The van der Waals surface area contributed by atoms with E-state index in [0.717, 1.165) is 17.8 Å². The second kappa shape index (κ2) is 8.05. The van der Waals surface area contributed by atoms with E-state index in [1.165, 1.54) is 24.5 Å². The average molecular weight is 366 g/mol. The number of ether oxygens (including phenoxy) is 1. The molecular weight excluding hydrogens is 351 g/mol. The van der Waals surface area contributed by atoms with E-state index >= 15 is 0 Å². The molecule has 0 radical (unpaired) electrons. The topological polar surface area (TPSA) is 107 Å². The summed E-state index contributed by atoms with van der Waals surface area (Å²) in [5.74, 6) is -1.24. The summed E-state index contributed by atoms with van der Waals surface area (Å²) in [7, 11) is 0. The van der Waals surface area contributed by atoms with Crippen molar-refractivity contribution in [3.05, 3.63) is 83.7 Å². The van der Waals surface area contributed by atoms with Crippen LogP contribution in [-0.4, -0.2) is 21.8 Å². The molecule has 0 unspecified atom stereocenters. The van der Waals surface area contributed by atoms with Gasteiger partial charge >= 0.3 is 0 Å². The maximum Gasteiger partial charge on any atom is 0.257 e. The van der Waals surface area contributed by atoms with Gasteiger partial charge in [0.1, 0.15) is 12.4 Å². The fourth-order valence-corrected chi connectivity index (χ4v) is 2.25. The van der Waals surface area contributed by atoms with Crippen LogP contribution < -0.4 is 15.8 Å². The Morgan fingerprint density at radius 2 is 1.93 bits per heavy atom. The smallest absolute Gasteiger partial charge is 0.257 e. The van der Waals surface area contributed by atoms with Crippen molar-refractivity contribution in [2.75, 3.05) is 5.32 Å². The molecule has 0 spiro atoms. The molecule has 0 bridgehead atoms. The van der Waals surface area contributed by atoms with E-state index in [4.69, 9.17) is 10.5 Å². The second-order valence-corrected chi connectivity index (χ2v) is 5.59. The van der Waals surface area contributed by atoms with Gasteiger partial charge in [-0.1, -0.05) is 12.1 Å². The first-order valence-electron chi connectivity index (χ1n) is 7.91. The predicted molar refractivity (Wildman–Crippen MR) is 95.7 cm³/mol. The number of hydrogen-bond donors (Lipinski definition) is 2. The first kappa shape index (κ1) is 18.0. The number of pyridine rings is 2. The minimum Gasteiger partial charge on any atom is -0.487 e.